The van der Waals surface area contributed by atoms with Crippen LogP contribution in [0.25, 0.3) is 0 Å². The van der Waals surface area contributed by atoms with Crippen molar-refractivity contribution in [2.24, 2.45) is 0 Å². The highest BCUT2D eigenvalue weighted by Crippen LogP contribution is 2.26. The minimum atomic E-state index is -1.77. The van der Waals surface area contributed by atoms with E-state index in [-0.39, 0.29) is 26.1 Å². The van der Waals surface area contributed by atoms with Crippen LogP contribution < -0.4 is 0 Å². The zero-order chi connectivity index (χ0) is 46.8. The number of hydrogen-bond donors (Lipinski definition) is 7. The molecule has 0 aromatic heterocycles. The van der Waals surface area contributed by atoms with Crippen LogP contribution in [0, 0.1) is 0 Å². The number of carbonyl (C=O) groups excluding carboxylic acids is 2. The number of ether oxygens (including phenoxy) is 6. The van der Waals surface area contributed by atoms with Crippen LogP contribution in [0.4, 0.5) is 0 Å². The second-order valence-corrected chi connectivity index (χ2v) is 17.6. The first-order chi connectivity index (χ1) is 31.0. The van der Waals surface area contributed by atoms with Crippen LogP contribution in [0.5, 0.6) is 0 Å². The van der Waals surface area contributed by atoms with Crippen LogP contribution in [-0.4, -0.2) is 142 Å². The van der Waals surface area contributed by atoms with Crippen LogP contribution in [-0.2, 0) is 38.0 Å². The second kappa shape index (κ2) is 37.0. The summed E-state index contributed by atoms with van der Waals surface area (Å²) in [6, 6.07) is 0. The lowest BCUT2D eigenvalue weighted by Gasteiger charge is -2.42. The molecule has 7 N–H and O–H groups in total. The Morgan fingerprint density at radius 2 is 0.891 bits per heavy atom. The SMILES string of the molecule is CCCCCC/C=C/CCCCCCCC(=O)O[C@H](COC(=O)CCCC/C=C/CCCCCCCCCCC)CO[C@@H]1O[C@H](CO[C@@H]2O[C@H](CO)[C@H](O)C(O)C2O)[C@H](O)C(O)C1O. The summed E-state index contributed by atoms with van der Waals surface area (Å²) in [5, 5.41) is 72.0. The lowest BCUT2D eigenvalue weighted by atomic mass is 9.98. The van der Waals surface area contributed by atoms with Gasteiger partial charge in [-0.1, -0.05) is 128 Å². The van der Waals surface area contributed by atoms with E-state index in [9.17, 15) is 45.3 Å². The summed E-state index contributed by atoms with van der Waals surface area (Å²) >= 11 is 0. The van der Waals surface area contributed by atoms with E-state index in [1.807, 2.05) is 0 Å². The quantitative estimate of drug-likeness (QED) is 0.0203. The van der Waals surface area contributed by atoms with Crippen molar-refractivity contribution in [3.63, 3.8) is 0 Å². The van der Waals surface area contributed by atoms with Crippen molar-refractivity contribution >= 4 is 11.9 Å². The van der Waals surface area contributed by atoms with Crippen molar-refractivity contribution in [2.75, 3.05) is 26.4 Å². The number of rotatable bonds is 38. The van der Waals surface area contributed by atoms with Crippen molar-refractivity contribution in [1.29, 1.82) is 0 Å². The van der Waals surface area contributed by atoms with Crippen molar-refractivity contribution in [3.8, 4) is 0 Å². The summed E-state index contributed by atoms with van der Waals surface area (Å²) in [6.45, 7) is 2.54. The number of allylic oxidation sites excluding steroid dienone is 4. The fraction of sp³-hybridized carbons (Fsp3) is 0.878. The van der Waals surface area contributed by atoms with Crippen LogP contribution >= 0.6 is 0 Å². The number of aliphatic hydroxyl groups excluding tert-OH is 7. The molecule has 15 heteroatoms. The molecule has 0 saturated carbocycles. The molecule has 2 aliphatic rings. The van der Waals surface area contributed by atoms with E-state index in [1.54, 1.807) is 0 Å². The third-order valence-electron chi connectivity index (χ3n) is 11.9. The van der Waals surface area contributed by atoms with Gasteiger partial charge < -0.3 is 64.2 Å². The Labute approximate surface area is 383 Å². The van der Waals surface area contributed by atoms with Gasteiger partial charge in [0.2, 0.25) is 0 Å². The zero-order valence-corrected chi connectivity index (χ0v) is 39.3. The molecule has 2 aliphatic heterocycles. The number of esters is 2. The van der Waals surface area contributed by atoms with Crippen molar-refractivity contribution < 1.29 is 73.8 Å². The van der Waals surface area contributed by atoms with Crippen molar-refractivity contribution in [3.05, 3.63) is 24.3 Å². The maximum atomic E-state index is 13.0. The van der Waals surface area contributed by atoms with E-state index in [0.717, 1.165) is 57.8 Å². The summed E-state index contributed by atoms with van der Waals surface area (Å²) < 4.78 is 33.5. The molecular formula is C49H88O15. The van der Waals surface area contributed by atoms with Crippen LogP contribution in [0.1, 0.15) is 181 Å². The number of aliphatic hydroxyl groups is 7. The Hall–Kier alpha value is -2.02. The largest absolute Gasteiger partial charge is 0.462 e. The van der Waals surface area contributed by atoms with Gasteiger partial charge in [0.25, 0.3) is 0 Å². The summed E-state index contributed by atoms with van der Waals surface area (Å²) in [7, 11) is 0. The molecule has 374 valence electrons. The van der Waals surface area contributed by atoms with E-state index in [2.05, 4.69) is 38.2 Å². The Morgan fingerprint density at radius 3 is 1.42 bits per heavy atom. The molecule has 0 amide bonds. The first-order valence-corrected chi connectivity index (χ1v) is 24.9. The fourth-order valence-electron chi connectivity index (χ4n) is 7.73. The van der Waals surface area contributed by atoms with E-state index in [4.69, 9.17) is 28.4 Å². The molecule has 0 aromatic rings. The van der Waals surface area contributed by atoms with Gasteiger partial charge in [0.1, 0.15) is 55.4 Å². The van der Waals surface area contributed by atoms with Crippen LogP contribution in [0.2, 0.25) is 0 Å². The Morgan fingerprint density at radius 1 is 0.484 bits per heavy atom. The molecule has 2 rings (SSSR count). The fourth-order valence-corrected chi connectivity index (χ4v) is 7.73. The highest BCUT2D eigenvalue weighted by molar-refractivity contribution is 5.70. The number of unbranched alkanes of at least 4 members (excludes halogenated alkanes) is 20. The Balaban J connectivity index is 1.84. The average Bonchev–Trinajstić information content (AvgIpc) is 3.29. The van der Waals surface area contributed by atoms with E-state index in [1.165, 1.54) is 83.5 Å². The molecule has 0 aliphatic carbocycles. The van der Waals surface area contributed by atoms with Crippen molar-refractivity contribution in [1.82, 2.24) is 0 Å². The Kier molecular flexibility index (Phi) is 33.6. The van der Waals surface area contributed by atoms with Gasteiger partial charge in [0, 0.05) is 12.8 Å². The average molecular weight is 917 g/mol. The van der Waals surface area contributed by atoms with E-state index < -0.39 is 92.7 Å². The molecule has 0 radical (unpaired) electrons. The third kappa shape index (κ3) is 25.2. The molecule has 2 fully saturated rings. The molecule has 2 heterocycles. The first-order valence-electron chi connectivity index (χ1n) is 24.9. The van der Waals surface area contributed by atoms with E-state index >= 15 is 0 Å². The molecule has 0 spiro atoms. The minimum Gasteiger partial charge on any atom is -0.462 e. The monoisotopic (exact) mass is 917 g/mol. The molecule has 4 unspecified atom stereocenters. The summed E-state index contributed by atoms with van der Waals surface area (Å²) in [6.07, 6.45) is 19.3. The lowest BCUT2D eigenvalue weighted by Crippen LogP contribution is -2.61. The maximum absolute atomic E-state index is 13.0. The highest BCUT2D eigenvalue weighted by atomic mass is 16.7. The zero-order valence-electron chi connectivity index (χ0n) is 39.3. The van der Waals surface area contributed by atoms with Gasteiger partial charge in [-0.2, -0.15) is 0 Å². The third-order valence-corrected chi connectivity index (χ3v) is 11.9. The molecule has 2 saturated heterocycles. The van der Waals surface area contributed by atoms with Crippen molar-refractivity contribution in [2.45, 2.75) is 248 Å². The van der Waals surface area contributed by atoms with Gasteiger partial charge in [0.15, 0.2) is 18.7 Å². The standard InChI is InChI=1S/C49H88O15/c1-3-5-7-9-11-13-15-17-18-20-21-23-25-27-29-31-40(51)59-34-37(62-41(52)32-30-28-26-24-22-19-16-14-12-10-8-6-4-2)35-60-48-47(58)45(56)43(54)39(64-48)36-61-49-46(57)44(55)42(53)38(33-50)63-49/h14,16,21,23,37-39,42-50,53-58H,3-13,15,17-20,22,24-36H2,1-2H3/b16-14+,23-21+/t37-,38-,39-,42+,43+,44?,45?,46?,47?,48-,49-/m1/s1. The molecule has 64 heavy (non-hydrogen) atoms. The van der Waals surface area contributed by atoms with E-state index in [0.29, 0.717) is 12.8 Å². The number of carbonyl (C=O) groups is 2. The first kappa shape index (κ1) is 58.1. The summed E-state index contributed by atoms with van der Waals surface area (Å²) in [5.41, 5.74) is 0. The Bertz CT molecular complexity index is 1220. The molecule has 0 bridgehead atoms. The van der Waals surface area contributed by atoms with Gasteiger partial charge in [-0.15, -0.1) is 0 Å². The maximum Gasteiger partial charge on any atom is 0.306 e. The molecular weight excluding hydrogens is 829 g/mol. The van der Waals surface area contributed by atoms with Gasteiger partial charge >= 0.3 is 11.9 Å². The van der Waals surface area contributed by atoms with Gasteiger partial charge in [-0.05, 0) is 64.2 Å². The predicted octanol–water partition coefficient (Wildman–Crippen LogP) is 6.38. The van der Waals surface area contributed by atoms with Crippen LogP contribution in [0.3, 0.4) is 0 Å². The topological polar surface area (TPSA) is 231 Å². The predicted molar refractivity (Wildman–Crippen MR) is 243 cm³/mol. The molecule has 0 aromatic carbocycles. The normalized spacial score (nSPS) is 26.8. The highest BCUT2D eigenvalue weighted by Gasteiger charge is 2.47. The molecule has 11 atom stereocenters. The molecule has 15 nitrogen and oxygen atoms in total. The lowest BCUT2D eigenvalue weighted by molar-refractivity contribution is -0.332. The minimum absolute atomic E-state index is 0.152. The van der Waals surface area contributed by atoms with Crippen LogP contribution in [0.15, 0.2) is 24.3 Å². The summed E-state index contributed by atoms with van der Waals surface area (Å²) in [4.78, 5) is 25.7. The summed E-state index contributed by atoms with van der Waals surface area (Å²) in [5.74, 6) is -0.958. The second-order valence-electron chi connectivity index (χ2n) is 17.6. The smallest absolute Gasteiger partial charge is 0.306 e. The van der Waals surface area contributed by atoms with Gasteiger partial charge in [0.05, 0.1) is 19.8 Å². The van der Waals surface area contributed by atoms with Gasteiger partial charge in [-0.25, -0.2) is 0 Å². The van der Waals surface area contributed by atoms with Gasteiger partial charge in [-0.3, -0.25) is 9.59 Å². The number of hydrogen-bond acceptors (Lipinski definition) is 15.